The van der Waals surface area contributed by atoms with Crippen LogP contribution >= 0.6 is 11.6 Å². The van der Waals surface area contributed by atoms with Gasteiger partial charge >= 0.3 is 0 Å². The maximum absolute atomic E-state index is 13.9. The van der Waals surface area contributed by atoms with Crippen molar-refractivity contribution in [3.63, 3.8) is 0 Å². The summed E-state index contributed by atoms with van der Waals surface area (Å²) in [6.45, 7) is 5.79. The molecule has 0 radical (unpaired) electrons. The second-order valence-corrected chi connectivity index (χ2v) is 8.84. The highest BCUT2D eigenvalue weighted by atomic mass is 35.5. The zero-order valence-corrected chi connectivity index (χ0v) is 20.0. The number of hydrogen-bond acceptors (Lipinski definition) is 5. The number of nitrogens with zero attached hydrogens (tertiary/aromatic N) is 4. The molecule has 2 heterocycles. The van der Waals surface area contributed by atoms with Crippen LogP contribution in [0.2, 0.25) is 5.02 Å². The summed E-state index contributed by atoms with van der Waals surface area (Å²) in [6.07, 6.45) is 5.09. The van der Waals surface area contributed by atoms with Crippen molar-refractivity contribution < 1.29 is 9.53 Å². The summed E-state index contributed by atoms with van der Waals surface area (Å²) in [5, 5.41) is 0.548. The number of anilines is 2. The van der Waals surface area contributed by atoms with Crippen LogP contribution in [0, 0.1) is 0 Å². The molecule has 1 saturated heterocycles. The number of ether oxygens (including phenoxy) is 1. The Morgan fingerprint density at radius 1 is 1.09 bits per heavy atom. The predicted molar refractivity (Wildman–Crippen MR) is 133 cm³/mol. The van der Waals surface area contributed by atoms with Crippen molar-refractivity contribution in [1.82, 2.24) is 9.97 Å². The first-order valence-corrected chi connectivity index (χ1v) is 11.7. The Morgan fingerprint density at radius 3 is 2.55 bits per heavy atom. The molecule has 172 valence electrons. The lowest BCUT2D eigenvalue weighted by atomic mass is 10.0. The molecule has 3 aromatic rings. The summed E-state index contributed by atoms with van der Waals surface area (Å²) in [4.78, 5) is 27.3. The lowest BCUT2D eigenvalue weighted by Gasteiger charge is -2.29. The maximum atomic E-state index is 13.9. The van der Waals surface area contributed by atoms with Gasteiger partial charge in [0.25, 0.3) is 5.91 Å². The molecule has 0 saturated carbocycles. The van der Waals surface area contributed by atoms with E-state index in [-0.39, 0.29) is 11.9 Å². The SMILES string of the molecule is COc1cccc(N(C(=O)c2cnc(N3CCCCC3)nc2-c2ccccc2Cl)C(C)C)c1. The van der Waals surface area contributed by atoms with Crippen LogP contribution in [0.5, 0.6) is 5.75 Å². The molecule has 0 N–H and O–H groups in total. The third-order valence-corrected chi connectivity index (χ3v) is 6.17. The summed E-state index contributed by atoms with van der Waals surface area (Å²) >= 11 is 6.56. The van der Waals surface area contributed by atoms with Gasteiger partial charge < -0.3 is 14.5 Å². The zero-order chi connectivity index (χ0) is 23.4. The van der Waals surface area contributed by atoms with Gasteiger partial charge in [0.05, 0.1) is 18.4 Å². The summed E-state index contributed by atoms with van der Waals surface area (Å²) in [7, 11) is 1.61. The van der Waals surface area contributed by atoms with Crippen molar-refractivity contribution in [2.75, 3.05) is 30.0 Å². The van der Waals surface area contributed by atoms with E-state index in [0.29, 0.717) is 28.0 Å². The van der Waals surface area contributed by atoms with E-state index in [1.165, 1.54) is 6.42 Å². The number of amides is 1. The molecule has 1 aromatic heterocycles. The largest absolute Gasteiger partial charge is 0.497 e. The number of carbonyl (C=O) groups excluding carboxylic acids is 1. The summed E-state index contributed by atoms with van der Waals surface area (Å²) in [5.41, 5.74) is 2.44. The standard InChI is InChI=1S/C26H29ClN4O2/c1-18(2)31(19-10-9-11-20(16-19)33-3)25(32)22-17-28-26(30-14-7-4-8-15-30)29-24(22)21-12-5-6-13-23(21)27/h5-6,9-13,16-18H,4,7-8,14-15H2,1-3H3. The Kier molecular flexibility index (Phi) is 7.14. The average molecular weight is 465 g/mol. The molecule has 1 amide bonds. The van der Waals surface area contributed by atoms with E-state index in [9.17, 15) is 4.79 Å². The van der Waals surface area contributed by atoms with Crippen molar-refractivity contribution in [3.05, 3.63) is 65.3 Å². The number of hydrogen-bond donors (Lipinski definition) is 0. The van der Waals surface area contributed by atoms with E-state index < -0.39 is 0 Å². The minimum Gasteiger partial charge on any atom is -0.497 e. The summed E-state index contributed by atoms with van der Waals surface area (Å²) in [5.74, 6) is 1.14. The van der Waals surface area contributed by atoms with Gasteiger partial charge in [-0.15, -0.1) is 0 Å². The molecule has 7 heteroatoms. The number of carbonyl (C=O) groups is 1. The van der Waals surface area contributed by atoms with Crippen LogP contribution in [0.15, 0.2) is 54.7 Å². The highest BCUT2D eigenvalue weighted by Gasteiger charge is 2.27. The van der Waals surface area contributed by atoms with Crippen LogP contribution in [-0.2, 0) is 0 Å². The topological polar surface area (TPSA) is 58.6 Å². The Balaban J connectivity index is 1.82. The lowest BCUT2D eigenvalue weighted by Crippen LogP contribution is -2.38. The monoisotopic (exact) mass is 464 g/mol. The molecule has 4 rings (SSSR count). The van der Waals surface area contributed by atoms with Crippen molar-refractivity contribution in [2.24, 2.45) is 0 Å². The van der Waals surface area contributed by atoms with Crippen LogP contribution in [0.3, 0.4) is 0 Å². The van der Waals surface area contributed by atoms with Crippen LogP contribution < -0.4 is 14.5 Å². The molecule has 1 aliphatic rings. The van der Waals surface area contributed by atoms with Crippen molar-refractivity contribution in [1.29, 1.82) is 0 Å². The van der Waals surface area contributed by atoms with Gasteiger partial charge in [-0.1, -0.05) is 35.9 Å². The number of benzene rings is 2. The van der Waals surface area contributed by atoms with Gasteiger partial charge in [0.2, 0.25) is 5.95 Å². The Labute approximate surface area is 200 Å². The third kappa shape index (κ3) is 4.96. The fourth-order valence-electron chi connectivity index (χ4n) is 4.17. The van der Waals surface area contributed by atoms with Gasteiger partial charge in [-0.2, -0.15) is 0 Å². The Bertz CT molecular complexity index is 1130. The van der Waals surface area contributed by atoms with Gasteiger partial charge in [-0.05, 0) is 51.3 Å². The van der Waals surface area contributed by atoms with Crippen LogP contribution in [-0.4, -0.2) is 42.1 Å². The number of rotatable bonds is 6. The maximum Gasteiger partial charge on any atom is 0.262 e. The molecule has 0 atom stereocenters. The van der Waals surface area contributed by atoms with Crippen LogP contribution in [0.1, 0.15) is 43.5 Å². The third-order valence-electron chi connectivity index (χ3n) is 5.84. The first-order chi connectivity index (χ1) is 16.0. The fourth-order valence-corrected chi connectivity index (χ4v) is 4.40. The second kappa shape index (κ2) is 10.2. The quantitative estimate of drug-likeness (QED) is 0.458. The normalized spacial score (nSPS) is 13.8. The molecule has 1 fully saturated rings. The Hall–Kier alpha value is -3.12. The van der Waals surface area contributed by atoms with Gasteiger partial charge in [-0.25, -0.2) is 9.97 Å². The lowest BCUT2D eigenvalue weighted by molar-refractivity contribution is 0.0980. The van der Waals surface area contributed by atoms with Gasteiger partial charge in [0.15, 0.2) is 0 Å². The summed E-state index contributed by atoms with van der Waals surface area (Å²) in [6, 6.07) is 14.9. The molecular formula is C26H29ClN4O2. The van der Waals surface area contributed by atoms with E-state index in [4.69, 9.17) is 21.3 Å². The molecule has 0 unspecified atom stereocenters. The van der Waals surface area contributed by atoms with Crippen molar-refractivity contribution >= 4 is 29.1 Å². The van der Waals surface area contributed by atoms with E-state index >= 15 is 0 Å². The van der Waals surface area contributed by atoms with Gasteiger partial charge in [0, 0.05) is 47.7 Å². The van der Waals surface area contributed by atoms with Crippen LogP contribution in [0.25, 0.3) is 11.3 Å². The van der Waals surface area contributed by atoms with Crippen molar-refractivity contribution in [2.45, 2.75) is 39.2 Å². The van der Waals surface area contributed by atoms with E-state index in [1.54, 1.807) is 18.2 Å². The van der Waals surface area contributed by atoms with Crippen molar-refractivity contribution in [3.8, 4) is 17.0 Å². The first-order valence-electron chi connectivity index (χ1n) is 11.3. The summed E-state index contributed by atoms with van der Waals surface area (Å²) < 4.78 is 5.38. The molecule has 6 nitrogen and oxygen atoms in total. The van der Waals surface area contributed by atoms with E-state index in [0.717, 1.165) is 37.2 Å². The van der Waals surface area contributed by atoms with Gasteiger partial charge in [0.1, 0.15) is 5.75 Å². The molecule has 33 heavy (non-hydrogen) atoms. The predicted octanol–water partition coefficient (Wildman–Crippen LogP) is 5.85. The number of aromatic nitrogens is 2. The smallest absolute Gasteiger partial charge is 0.262 e. The molecule has 1 aliphatic heterocycles. The molecule has 0 aliphatic carbocycles. The number of methoxy groups -OCH3 is 1. The van der Waals surface area contributed by atoms with E-state index in [1.807, 2.05) is 62.4 Å². The van der Waals surface area contributed by atoms with E-state index in [2.05, 4.69) is 9.88 Å². The highest BCUT2D eigenvalue weighted by Crippen LogP contribution is 2.33. The molecule has 0 bridgehead atoms. The minimum atomic E-state index is -0.182. The Morgan fingerprint density at radius 2 is 1.85 bits per heavy atom. The molecule has 0 spiro atoms. The van der Waals surface area contributed by atoms with Crippen LogP contribution in [0.4, 0.5) is 11.6 Å². The molecule has 2 aromatic carbocycles. The molecular weight excluding hydrogens is 436 g/mol. The van der Waals surface area contributed by atoms with Gasteiger partial charge in [-0.3, -0.25) is 4.79 Å². The number of piperidine rings is 1. The first kappa shape index (κ1) is 23.1. The highest BCUT2D eigenvalue weighted by molar-refractivity contribution is 6.33. The fraction of sp³-hybridized carbons (Fsp3) is 0.346. The number of halogens is 1. The minimum absolute atomic E-state index is 0.0922. The zero-order valence-electron chi connectivity index (χ0n) is 19.3. The average Bonchev–Trinajstić information content (AvgIpc) is 2.84. The second-order valence-electron chi connectivity index (χ2n) is 8.43.